The van der Waals surface area contributed by atoms with Gasteiger partial charge in [0, 0.05) is 36.3 Å². The van der Waals surface area contributed by atoms with Crippen molar-refractivity contribution in [1.29, 1.82) is 0 Å². The minimum atomic E-state index is 0.753. The lowest BCUT2D eigenvalue weighted by Gasteiger charge is -2.41. The zero-order valence-electron chi connectivity index (χ0n) is 36.1. The van der Waals surface area contributed by atoms with E-state index in [0.717, 1.165) is 71.8 Å². The second kappa shape index (κ2) is 18.6. The van der Waals surface area contributed by atoms with Gasteiger partial charge in [0.2, 0.25) is 0 Å². The summed E-state index contributed by atoms with van der Waals surface area (Å²) in [6.07, 6.45) is 25.2. The molecule has 0 spiro atoms. The molecule has 12 unspecified atom stereocenters. The van der Waals surface area contributed by atoms with Crippen molar-refractivity contribution < 1.29 is 0 Å². The van der Waals surface area contributed by atoms with Crippen LogP contribution in [0.25, 0.3) is 18.2 Å². The van der Waals surface area contributed by atoms with Crippen LogP contribution in [0.2, 0.25) is 0 Å². The molecule has 0 aromatic heterocycles. The number of piperidine rings is 3. The van der Waals surface area contributed by atoms with Crippen LogP contribution in [0.5, 0.6) is 0 Å². The first-order chi connectivity index (χ1) is 27.2. The summed E-state index contributed by atoms with van der Waals surface area (Å²) in [5.41, 5.74) is 8.57. The molecule has 0 saturated carbocycles. The summed E-state index contributed by atoms with van der Waals surface area (Å²) in [4.78, 5) is 5.27. The molecule has 3 nitrogen and oxygen atoms in total. The van der Waals surface area contributed by atoms with E-state index in [1.54, 1.807) is 11.1 Å². The van der Waals surface area contributed by atoms with E-state index in [1.165, 1.54) is 80.0 Å². The van der Waals surface area contributed by atoms with Crippen molar-refractivity contribution in [3.63, 3.8) is 0 Å². The van der Waals surface area contributed by atoms with E-state index in [2.05, 4.69) is 180 Å². The van der Waals surface area contributed by atoms with Crippen LogP contribution in [-0.4, -0.2) is 60.1 Å². The number of rotatable bonds is 6. The Balaban J connectivity index is 0.000000129. The highest BCUT2D eigenvalue weighted by atomic mass is 15.2. The zero-order valence-corrected chi connectivity index (χ0v) is 36.1. The van der Waals surface area contributed by atoms with Gasteiger partial charge in [0.05, 0.1) is 0 Å². The third-order valence-corrected chi connectivity index (χ3v) is 15.6. The van der Waals surface area contributed by atoms with Crippen LogP contribution in [0.4, 0.5) is 0 Å². The molecule has 3 aromatic rings. The summed E-state index contributed by atoms with van der Waals surface area (Å²) in [7, 11) is 4.65. The van der Waals surface area contributed by atoms with Gasteiger partial charge in [-0.05, 0) is 162 Å². The Labute approximate surface area is 341 Å². The molecule has 6 heterocycles. The Morgan fingerprint density at radius 3 is 1.21 bits per heavy atom. The second-order valence-electron chi connectivity index (χ2n) is 18.6. The lowest BCUT2D eigenvalue weighted by atomic mass is 9.76. The lowest BCUT2D eigenvalue weighted by molar-refractivity contribution is 0.110. The molecule has 0 amide bonds. The summed E-state index contributed by atoms with van der Waals surface area (Å²) in [5.74, 6) is 4.62. The molecule has 12 atom stereocenters. The Bertz CT molecular complexity index is 1680. The van der Waals surface area contributed by atoms with Crippen molar-refractivity contribution in [2.75, 3.05) is 14.1 Å². The van der Waals surface area contributed by atoms with Crippen molar-refractivity contribution >= 4 is 18.2 Å². The predicted octanol–water partition coefficient (Wildman–Crippen LogP) is 12.6. The molecular weight excluding hydrogens is 678 g/mol. The number of fused-ring (bicyclic) bond motifs is 6. The first-order valence-corrected chi connectivity index (χ1v) is 22.6. The van der Waals surface area contributed by atoms with Gasteiger partial charge in [0.25, 0.3) is 0 Å². The highest BCUT2D eigenvalue weighted by Crippen LogP contribution is 2.47. The van der Waals surface area contributed by atoms with E-state index in [1.807, 2.05) is 0 Å². The van der Waals surface area contributed by atoms with E-state index < -0.39 is 0 Å². The van der Waals surface area contributed by atoms with Crippen LogP contribution in [0.3, 0.4) is 0 Å². The van der Waals surface area contributed by atoms with Crippen LogP contribution >= 0.6 is 0 Å². The summed E-state index contributed by atoms with van der Waals surface area (Å²) >= 11 is 0. The largest absolute Gasteiger partial charge is 0.311 e. The van der Waals surface area contributed by atoms with E-state index in [4.69, 9.17) is 0 Å². The van der Waals surface area contributed by atoms with Gasteiger partial charge < -0.3 is 15.1 Å². The molecule has 300 valence electrons. The number of nitrogens with zero attached hydrogens (tertiary/aromatic N) is 2. The van der Waals surface area contributed by atoms with Crippen LogP contribution in [0, 0.1) is 17.8 Å². The lowest BCUT2D eigenvalue weighted by Crippen LogP contribution is -2.44. The number of allylic oxidation sites excluding steroid dienone is 3. The molecule has 6 bridgehead atoms. The SMILES string of the molecule is C/C=C\c1ccc(C2CC3CCC(C2C)N3C)cc1.C/C=C\c1ccc(C2CC3CCC(C2C)N3[11CH3])cc1.C/C=C\c1ccc(C2CC3CCC(N3)C2C)cc1. The topological polar surface area (TPSA) is 18.5 Å². The molecule has 6 aliphatic rings. The Morgan fingerprint density at radius 2 is 0.839 bits per heavy atom. The van der Waals surface area contributed by atoms with Gasteiger partial charge in [-0.1, -0.05) is 130 Å². The fraction of sp³-hybridized carbons (Fsp3) is 0.547. The van der Waals surface area contributed by atoms with E-state index in [0.29, 0.717) is 0 Å². The zero-order chi connectivity index (χ0) is 39.3. The maximum Gasteiger partial charge on any atom is 0.0127 e. The van der Waals surface area contributed by atoms with Crippen molar-refractivity contribution in [2.45, 2.75) is 153 Å². The van der Waals surface area contributed by atoms with Crippen molar-refractivity contribution in [2.24, 2.45) is 17.8 Å². The molecule has 0 radical (unpaired) electrons. The van der Waals surface area contributed by atoms with Gasteiger partial charge in [-0.3, -0.25) is 0 Å². The maximum absolute atomic E-state index is 3.76. The highest BCUT2D eigenvalue weighted by Gasteiger charge is 2.45. The third kappa shape index (κ3) is 8.91. The van der Waals surface area contributed by atoms with Gasteiger partial charge in [-0.25, -0.2) is 0 Å². The van der Waals surface area contributed by atoms with Crippen LogP contribution in [-0.2, 0) is 0 Å². The molecule has 1 N–H and O–H groups in total. The molecular formula is C53H73N3. The number of hydrogen-bond acceptors (Lipinski definition) is 3. The number of benzene rings is 3. The second-order valence-corrected chi connectivity index (χ2v) is 18.6. The van der Waals surface area contributed by atoms with Crippen molar-refractivity contribution in [3.05, 3.63) is 124 Å². The third-order valence-electron chi connectivity index (χ3n) is 15.6. The summed E-state index contributed by atoms with van der Waals surface area (Å²) < 4.78 is 0. The first-order valence-electron chi connectivity index (χ1n) is 22.6. The minimum absolute atomic E-state index is 0.753. The van der Waals surface area contributed by atoms with Gasteiger partial charge in [0.1, 0.15) is 0 Å². The predicted molar refractivity (Wildman–Crippen MR) is 242 cm³/mol. The van der Waals surface area contributed by atoms with Crippen molar-refractivity contribution in [1.82, 2.24) is 15.1 Å². The maximum atomic E-state index is 3.76. The normalized spacial score (nSPS) is 35.1. The fourth-order valence-electron chi connectivity index (χ4n) is 12.2. The summed E-state index contributed by atoms with van der Waals surface area (Å²) in [5, 5.41) is 3.76. The smallest absolute Gasteiger partial charge is 0.0127 e. The monoisotopic (exact) mass is 751 g/mol. The summed E-state index contributed by atoms with van der Waals surface area (Å²) in [6, 6.07) is 32.4. The fourth-order valence-corrected chi connectivity index (χ4v) is 12.2. The van der Waals surface area contributed by atoms with Crippen LogP contribution in [0.15, 0.2) is 91.0 Å². The molecule has 56 heavy (non-hydrogen) atoms. The van der Waals surface area contributed by atoms with Gasteiger partial charge in [-0.15, -0.1) is 0 Å². The minimum Gasteiger partial charge on any atom is -0.311 e. The Hall–Kier alpha value is -3.24. The molecule has 6 fully saturated rings. The molecule has 6 saturated heterocycles. The average molecular weight is 751 g/mol. The van der Waals surface area contributed by atoms with E-state index in [-0.39, 0.29) is 0 Å². The van der Waals surface area contributed by atoms with E-state index in [9.17, 15) is 0 Å². The first kappa shape index (κ1) is 40.9. The van der Waals surface area contributed by atoms with Crippen LogP contribution < -0.4 is 5.32 Å². The highest BCUT2D eigenvalue weighted by molar-refractivity contribution is 5.51. The standard InChI is InChI=1S/2C18H25N.C17H23N/c2*1-4-5-14-6-8-15(9-7-14)17-12-16-10-11-18(13(17)2)19(16)3;1-3-4-13-5-7-14(8-6-13)16-11-15-9-10-17(18-15)12(16)2/h2*4-9,13,16-18H,10-12H2,1-3H3;3-8,12,15-18H,9-11H2,1-2H3/b2*5-4-;4-3-/i3-1;;. The molecule has 0 aliphatic carbocycles. The Kier molecular flexibility index (Phi) is 13.6. The van der Waals surface area contributed by atoms with Gasteiger partial charge in [0.15, 0.2) is 0 Å². The van der Waals surface area contributed by atoms with Crippen LogP contribution in [0.1, 0.15) is 150 Å². The molecule has 9 rings (SSSR count). The van der Waals surface area contributed by atoms with E-state index >= 15 is 0 Å². The molecule has 3 aromatic carbocycles. The molecule has 3 heteroatoms. The summed E-state index contributed by atoms with van der Waals surface area (Å²) in [6.45, 7) is 13.5. The quantitative estimate of drug-likeness (QED) is 0.271. The van der Waals surface area contributed by atoms with Crippen molar-refractivity contribution in [3.8, 4) is 0 Å². The van der Waals surface area contributed by atoms with Gasteiger partial charge in [-0.2, -0.15) is 0 Å². The molecule has 6 aliphatic heterocycles. The number of nitrogens with one attached hydrogen (secondary N) is 1. The number of hydrogen-bond donors (Lipinski definition) is 1. The average Bonchev–Trinajstić information content (AvgIpc) is 3.83. The Morgan fingerprint density at radius 1 is 0.464 bits per heavy atom. The van der Waals surface area contributed by atoms with Gasteiger partial charge >= 0.3 is 0 Å².